The minimum absolute atomic E-state index is 0.0813. The molecule has 0 saturated carbocycles. The molecule has 2 aromatic rings. The Kier molecular flexibility index (Phi) is 7.44. The van der Waals surface area contributed by atoms with Crippen molar-refractivity contribution in [1.29, 1.82) is 0 Å². The van der Waals surface area contributed by atoms with Crippen molar-refractivity contribution in [1.82, 2.24) is 0 Å². The summed E-state index contributed by atoms with van der Waals surface area (Å²) in [6.45, 7) is 3.30. The van der Waals surface area contributed by atoms with Crippen molar-refractivity contribution in [2.45, 2.75) is 64.2 Å². The first-order valence-corrected chi connectivity index (χ1v) is 10.8. The molecule has 1 aliphatic rings. The van der Waals surface area contributed by atoms with E-state index in [0.29, 0.717) is 19.6 Å². The van der Waals surface area contributed by atoms with Crippen LogP contribution in [0.5, 0.6) is 0 Å². The van der Waals surface area contributed by atoms with Crippen molar-refractivity contribution >= 4 is 22.9 Å². The molecule has 1 aromatic carbocycles. The Morgan fingerprint density at radius 1 is 1.26 bits per heavy atom. The number of hydrogen-bond donors (Lipinski definition) is 1. The maximum atomic E-state index is 12.4. The van der Waals surface area contributed by atoms with Crippen LogP contribution in [-0.2, 0) is 16.1 Å². The Morgan fingerprint density at radius 3 is 2.78 bits per heavy atom. The lowest BCUT2D eigenvalue weighted by molar-refractivity contribution is -0.117. The fraction of sp³-hybridized carbons (Fsp3) is 0.500. The minimum Gasteiger partial charge on any atom is -0.388 e. The number of nitrogens with zero attached hydrogens (tertiary/aromatic N) is 1. The monoisotopic (exact) mass is 387 g/mol. The number of aliphatic hydroxyl groups excluding tert-OH is 1. The largest absolute Gasteiger partial charge is 0.388 e. The molecule has 1 aromatic heterocycles. The van der Waals surface area contributed by atoms with Crippen LogP contribution in [0.2, 0.25) is 0 Å². The molecule has 0 spiro atoms. The predicted molar refractivity (Wildman–Crippen MR) is 110 cm³/mol. The second-order valence-corrected chi connectivity index (χ2v) is 8.19. The van der Waals surface area contributed by atoms with Gasteiger partial charge in [0, 0.05) is 17.0 Å². The molecule has 0 aliphatic carbocycles. The van der Waals surface area contributed by atoms with Crippen LogP contribution in [0.3, 0.4) is 0 Å². The molecule has 1 fully saturated rings. The quantitative estimate of drug-likeness (QED) is 0.579. The zero-order valence-electron chi connectivity index (χ0n) is 16.0. The number of anilines is 1. The molecule has 27 heavy (non-hydrogen) atoms. The summed E-state index contributed by atoms with van der Waals surface area (Å²) >= 11 is 1.69. The number of carbonyl (C=O) groups excluding carboxylic acids is 1. The van der Waals surface area contributed by atoms with Crippen LogP contribution in [0.25, 0.3) is 0 Å². The van der Waals surface area contributed by atoms with Crippen LogP contribution < -0.4 is 4.90 Å². The molecule has 5 heteroatoms. The second kappa shape index (κ2) is 10.0. The van der Waals surface area contributed by atoms with Crippen molar-refractivity contribution in [2.24, 2.45) is 0 Å². The molecule has 0 bridgehead atoms. The summed E-state index contributed by atoms with van der Waals surface area (Å²) < 4.78 is 5.86. The van der Waals surface area contributed by atoms with Gasteiger partial charge in [0.25, 0.3) is 0 Å². The van der Waals surface area contributed by atoms with E-state index < -0.39 is 6.10 Å². The van der Waals surface area contributed by atoms with E-state index in [1.54, 1.807) is 11.3 Å². The van der Waals surface area contributed by atoms with E-state index in [9.17, 15) is 9.90 Å². The molecular formula is C22H29NO3S. The van der Waals surface area contributed by atoms with E-state index >= 15 is 0 Å². The third-order valence-corrected chi connectivity index (χ3v) is 5.95. The topological polar surface area (TPSA) is 49.8 Å². The number of ether oxygens (including phenoxy) is 1. The highest BCUT2D eigenvalue weighted by Gasteiger charge is 2.32. The van der Waals surface area contributed by atoms with E-state index in [1.807, 2.05) is 40.6 Å². The molecule has 1 N–H and O–H groups in total. The second-order valence-electron chi connectivity index (χ2n) is 7.15. The molecule has 0 radical (unpaired) electrons. The smallest absolute Gasteiger partial charge is 0.227 e. The van der Waals surface area contributed by atoms with E-state index in [2.05, 4.69) is 13.0 Å². The molecule has 1 saturated heterocycles. The number of carbonyl (C=O) groups is 1. The van der Waals surface area contributed by atoms with Crippen LogP contribution in [0.15, 0.2) is 41.8 Å². The summed E-state index contributed by atoms with van der Waals surface area (Å²) in [7, 11) is 0. The third-order valence-electron chi connectivity index (χ3n) is 5.10. The maximum absolute atomic E-state index is 12.4. The summed E-state index contributed by atoms with van der Waals surface area (Å²) in [6, 6.07) is 12.0. The van der Waals surface area contributed by atoms with Gasteiger partial charge < -0.3 is 14.7 Å². The van der Waals surface area contributed by atoms with Crippen LogP contribution in [-0.4, -0.2) is 23.7 Å². The Balaban J connectivity index is 1.58. The summed E-state index contributed by atoms with van der Waals surface area (Å²) in [5.41, 5.74) is 1.82. The first-order valence-electron chi connectivity index (χ1n) is 9.89. The van der Waals surface area contributed by atoms with Gasteiger partial charge in [0.1, 0.15) is 0 Å². The van der Waals surface area contributed by atoms with E-state index in [0.717, 1.165) is 43.4 Å². The lowest BCUT2D eigenvalue weighted by Gasteiger charge is -2.25. The van der Waals surface area contributed by atoms with E-state index in [1.165, 1.54) is 4.88 Å². The molecule has 4 nitrogen and oxygen atoms in total. The van der Waals surface area contributed by atoms with Crippen LogP contribution in [0.1, 0.15) is 62.0 Å². The van der Waals surface area contributed by atoms with Crippen molar-refractivity contribution < 1.29 is 14.6 Å². The van der Waals surface area contributed by atoms with Gasteiger partial charge in [0.2, 0.25) is 5.91 Å². The van der Waals surface area contributed by atoms with Gasteiger partial charge in [0.15, 0.2) is 0 Å². The minimum atomic E-state index is -0.426. The lowest BCUT2D eigenvalue weighted by Crippen LogP contribution is -2.36. The predicted octanol–water partition coefficient (Wildman–Crippen LogP) is 5.07. The van der Waals surface area contributed by atoms with Crippen molar-refractivity contribution in [3.63, 3.8) is 0 Å². The summed E-state index contributed by atoms with van der Waals surface area (Å²) in [5.74, 6) is 0.149. The third kappa shape index (κ3) is 5.41. The van der Waals surface area contributed by atoms with Crippen LogP contribution in [0.4, 0.5) is 5.69 Å². The average molecular weight is 388 g/mol. The first kappa shape index (κ1) is 20.1. The average Bonchev–Trinajstić information content (AvgIpc) is 3.32. The highest BCUT2D eigenvalue weighted by molar-refractivity contribution is 7.09. The van der Waals surface area contributed by atoms with Gasteiger partial charge in [-0.3, -0.25) is 4.79 Å². The van der Waals surface area contributed by atoms with E-state index in [4.69, 9.17) is 4.74 Å². The van der Waals surface area contributed by atoms with Gasteiger partial charge >= 0.3 is 0 Å². The molecule has 2 atom stereocenters. The van der Waals surface area contributed by atoms with Gasteiger partial charge in [-0.25, -0.2) is 0 Å². The van der Waals surface area contributed by atoms with E-state index in [-0.39, 0.29) is 11.9 Å². The number of benzene rings is 1. The number of unbranched alkanes of at least 4 members (excludes halogenated alkanes) is 2. The summed E-state index contributed by atoms with van der Waals surface area (Å²) in [6.07, 6.45) is 5.08. The Hall–Kier alpha value is -1.69. The lowest BCUT2D eigenvalue weighted by atomic mass is 10.0. The zero-order valence-corrected chi connectivity index (χ0v) is 16.8. The number of thiophene rings is 1. The number of rotatable bonds is 10. The van der Waals surface area contributed by atoms with Gasteiger partial charge in [-0.15, -0.1) is 11.3 Å². The van der Waals surface area contributed by atoms with Crippen molar-refractivity contribution in [2.75, 3.05) is 11.5 Å². The van der Waals surface area contributed by atoms with Gasteiger partial charge in [-0.05, 0) is 42.0 Å². The first-order chi connectivity index (χ1) is 13.2. The maximum Gasteiger partial charge on any atom is 0.227 e. The van der Waals surface area contributed by atoms with Crippen molar-refractivity contribution in [3.05, 3.63) is 52.2 Å². The molecule has 146 valence electrons. The van der Waals surface area contributed by atoms with Gasteiger partial charge in [0.05, 0.1) is 25.4 Å². The SMILES string of the molecule is CCCCC[C@H](O)c1ccc(N2C(=O)CC[C@@H]2COCc2cccs2)cc1. The fourth-order valence-corrected chi connectivity index (χ4v) is 4.20. The Bertz CT molecular complexity index is 699. The molecule has 1 aliphatic heterocycles. The Morgan fingerprint density at radius 2 is 2.07 bits per heavy atom. The van der Waals surface area contributed by atoms with Gasteiger partial charge in [-0.1, -0.05) is 44.4 Å². The highest BCUT2D eigenvalue weighted by Crippen LogP contribution is 2.29. The fourth-order valence-electron chi connectivity index (χ4n) is 3.56. The van der Waals surface area contributed by atoms with Crippen LogP contribution in [0, 0.1) is 0 Å². The standard InChI is InChI=1S/C22H29NO3S/c1-2-3-4-7-21(24)17-8-10-18(11-9-17)23-19(12-13-22(23)25)15-26-16-20-6-5-14-27-20/h5-6,8-11,14,19,21,24H,2-4,7,12-13,15-16H2,1H3/t19-,21+/m1/s1. The highest BCUT2D eigenvalue weighted by atomic mass is 32.1. The molecule has 2 heterocycles. The molecular weight excluding hydrogens is 358 g/mol. The molecule has 3 rings (SSSR count). The van der Waals surface area contributed by atoms with Crippen molar-refractivity contribution in [3.8, 4) is 0 Å². The molecule has 1 amide bonds. The van der Waals surface area contributed by atoms with Gasteiger partial charge in [-0.2, -0.15) is 0 Å². The Labute approximate surface area is 165 Å². The number of amides is 1. The summed E-state index contributed by atoms with van der Waals surface area (Å²) in [4.78, 5) is 15.5. The zero-order chi connectivity index (χ0) is 19.1. The molecule has 0 unspecified atom stereocenters. The number of aliphatic hydroxyl groups is 1. The van der Waals surface area contributed by atoms with Crippen LogP contribution >= 0.6 is 11.3 Å². The normalized spacial score (nSPS) is 18.2. The number of hydrogen-bond acceptors (Lipinski definition) is 4. The summed E-state index contributed by atoms with van der Waals surface area (Å²) in [5, 5.41) is 12.4.